The lowest BCUT2D eigenvalue weighted by atomic mass is 9.92. The van der Waals surface area contributed by atoms with E-state index in [1.165, 1.54) is 30.6 Å². The molecule has 1 aliphatic rings. The molecule has 0 aromatic heterocycles. The Morgan fingerprint density at radius 1 is 1.10 bits per heavy atom. The van der Waals surface area contributed by atoms with Crippen LogP contribution >= 0.6 is 0 Å². The maximum Gasteiger partial charge on any atom is 0.0294 e. The fourth-order valence-corrected chi connectivity index (χ4v) is 3.19. The number of piperidine rings is 1. The second-order valence-corrected chi connectivity index (χ2v) is 6.84. The first-order valence-corrected chi connectivity index (χ1v) is 8.01. The molecule has 1 aromatic rings. The molecule has 0 saturated carbocycles. The first-order valence-electron chi connectivity index (χ1n) is 8.01. The number of likely N-dealkylation sites (tertiary alicyclic amines) is 1. The molecule has 3 unspecified atom stereocenters. The number of nitrogens with one attached hydrogen (secondary N) is 1. The quantitative estimate of drug-likeness (QED) is 0.898. The summed E-state index contributed by atoms with van der Waals surface area (Å²) in [5, 5.41) is 3.83. The van der Waals surface area contributed by atoms with E-state index in [0.29, 0.717) is 18.0 Å². The van der Waals surface area contributed by atoms with E-state index in [-0.39, 0.29) is 0 Å². The van der Waals surface area contributed by atoms with Crippen LogP contribution in [0, 0.1) is 5.92 Å². The van der Waals surface area contributed by atoms with E-state index in [1.54, 1.807) is 0 Å². The molecule has 1 saturated heterocycles. The Morgan fingerprint density at radius 3 is 2.25 bits per heavy atom. The highest BCUT2D eigenvalue weighted by Gasteiger charge is 2.25. The van der Waals surface area contributed by atoms with Crippen molar-refractivity contribution in [3.63, 3.8) is 0 Å². The molecule has 3 atom stereocenters. The van der Waals surface area contributed by atoms with Crippen LogP contribution in [0.4, 0.5) is 0 Å². The number of nitrogens with zero attached hydrogens (tertiary/aromatic N) is 1. The van der Waals surface area contributed by atoms with Crippen LogP contribution in [-0.2, 0) is 0 Å². The van der Waals surface area contributed by atoms with E-state index in [4.69, 9.17) is 0 Å². The lowest BCUT2D eigenvalue weighted by Gasteiger charge is -2.37. The zero-order valence-corrected chi connectivity index (χ0v) is 13.7. The van der Waals surface area contributed by atoms with Gasteiger partial charge in [-0.25, -0.2) is 0 Å². The number of benzene rings is 1. The Balaban J connectivity index is 1.95. The summed E-state index contributed by atoms with van der Waals surface area (Å²) in [4.78, 5) is 2.44. The molecule has 0 bridgehead atoms. The first-order chi connectivity index (χ1) is 9.47. The highest BCUT2D eigenvalue weighted by molar-refractivity contribution is 5.26. The van der Waals surface area contributed by atoms with Gasteiger partial charge < -0.3 is 10.2 Å². The molecule has 20 heavy (non-hydrogen) atoms. The summed E-state index contributed by atoms with van der Waals surface area (Å²) < 4.78 is 0. The summed E-state index contributed by atoms with van der Waals surface area (Å²) in [5.74, 6) is 1.34. The van der Waals surface area contributed by atoms with Gasteiger partial charge in [0, 0.05) is 18.6 Å². The Bertz CT molecular complexity index is 410. The Hall–Kier alpha value is -0.860. The molecule has 0 spiro atoms. The number of hydrogen-bond acceptors (Lipinski definition) is 2. The van der Waals surface area contributed by atoms with Crippen molar-refractivity contribution in [1.29, 1.82) is 0 Å². The lowest BCUT2D eigenvalue weighted by Crippen LogP contribution is -2.47. The van der Waals surface area contributed by atoms with Crippen LogP contribution in [0.25, 0.3) is 0 Å². The van der Waals surface area contributed by atoms with Gasteiger partial charge in [-0.1, -0.05) is 45.0 Å². The van der Waals surface area contributed by atoms with E-state index in [0.717, 1.165) is 5.92 Å². The number of hydrogen-bond donors (Lipinski definition) is 1. The van der Waals surface area contributed by atoms with Gasteiger partial charge in [0.1, 0.15) is 0 Å². The third-order valence-corrected chi connectivity index (χ3v) is 4.68. The maximum absolute atomic E-state index is 3.83. The molecule has 1 heterocycles. The van der Waals surface area contributed by atoms with Gasteiger partial charge in [-0.15, -0.1) is 0 Å². The summed E-state index contributed by atoms with van der Waals surface area (Å²) in [6, 6.07) is 10.2. The summed E-state index contributed by atoms with van der Waals surface area (Å²) in [6.07, 6.45) is 1.26. The van der Waals surface area contributed by atoms with E-state index < -0.39 is 0 Å². The van der Waals surface area contributed by atoms with Crippen molar-refractivity contribution in [1.82, 2.24) is 10.2 Å². The van der Waals surface area contributed by atoms with Crippen LogP contribution in [-0.4, -0.2) is 31.1 Å². The van der Waals surface area contributed by atoms with Crippen LogP contribution in [0.1, 0.15) is 57.2 Å². The molecule has 1 fully saturated rings. The van der Waals surface area contributed by atoms with Crippen molar-refractivity contribution in [3.8, 4) is 0 Å². The summed E-state index contributed by atoms with van der Waals surface area (Å²) in [5.41, 5.74) is 2.83. The minimum absolute atomic E-state index is 0.437. The van der Waals surface area contributed by atoms with Gasteiger partial charge in [0.05, 0.1) is 0 Å². The third kappa shape index (κ3) is 3.83. The van der Waals surface area contributed by atoms with Crippen molar-refractivity contribution in [2.24, 2.45) is 5.92 Å². The van der Waals surface area contributed by atoms with Gasteiger partial charge in [-0.2, -0.15) is 0 Å². The van der Waals surface area contributed by atoms with Crippen LogP contribution in [0.2, 0.25) is 0 Å². The smallest absolute Gasteiger partial charge is 0.0294 e. The summed E-state index contributed by atoms with van der Waals surface area (Å²) >= 11 is 0. The van der Waals surface area contributed by atoms with E-state index >= 15 is 0 Å². The van der Waals surface area contributed by atoms with Crippen molar-refractivity contribution in [3.05, 3.63) is 35.4 Å². The molecule has 112 valence electrons. The van der Waals surface area contributed by atoms with E-state index in [1.807, 2.05) is 0 Å². The van der Waals surface area contributed by atoms with Gasteiger partial charge in [-0.3, -0.25) is 0 Å². The zero-order chi connectivity index (χ0) is 14.7. The maximum atomic E-state index is 3.83. The van der Waals surface area contributed by atoms with Crippen molar-refractivity contribution < 1.29 is 0 Å². The third-order valence-electron chi connectivity index (χ3n) is 4.68. The Kier molecular flexibility index (Phi) is 5.22. The first kappa shape index (κ1) is 15.5. The molecular formula is C18H30N2. The standard InChI is InChI=1S/C18H30N2/c1-13(2)16-6-8-17(9-7-16)15(4)19-18-10-11-20(5)12-14(18)3/h6-9,13-15,18-19H,10-12H2,1-5H3. The van der Waals surface area contributed by atoms with Crippen LogP contribution < -0.4 is 5.32 Å². The normalized spacial score (nSPS) is 25.9. The van der Waals surface area contributed by atoms with E-state index in [2.05, 4.69) is 69.2 Å². The van der Waals surface area contributed by atoms with Gasteiger partial charge in [-0.05, 0) is 49.9 Å². The van der Waals surface area contributed by atoms with Crippen molar-refractivity contribution >= 4 is 0 Å². The average Bonchev–Trinajstić information content (AvgIpc) is 2.42. The molecule has 1 N–H and O–H groups in total. The van der Waals surface area contributed by atoms with Gasteiger partial charge in [0.2, 0.25) is 0 Å². The molecule has 2 nitrogen and oxygen atoms in total. The Labute approximate surface area is 124 Å². The summed E-state index contributed by atoms with van der Waals surface area (Å²) in [6.45, 7) is 11.6. The van der Waals surface area contributed by atoms with Gasteiger partial charge in [0.15, 0.2) is 0 Å². The van der Waals surface area contributed by atoms with Crippen molar-refractivity contribution in [2.45, 2.75) is 52.1 Å². The second kappa shape index (κ2) is 6.73. The van der Waals surface area contributed by atoms with Crippen LogP contribution in [0.5, 0.6) is 0 Å². The number of rotatable bonds is 4. The second-order valence-electron chi connectivity index (χ2n) is 6.84. The van der Waals surface area contributed by atoms with Crippen molar-refractivity contribution in [2.75, 3.05) is 20.1 Å². The fourth-order valence-electron chi connectivity index (χ4n) is 3.19. The topological polar surface area (TPSA) is 15.3 Å². The molecule has 0 aliphatic carbocycles. The van der Waals surface area contributed by atoms with Gasteiger partial charge in [0.25, 0.3) is 0 Å². The van der Waals surface area contributed by atoms with E-state index in [9.17, 15) is 0 Å². The fraction of sp³-hybridized carbons (Fsp3) is 0.667. The SMILES string of the molecule is CC(C)c1ccc(C(C)NC2CCN(C)CC2C)cc1. The lowest BCUT2D eigenvalue weighted by molar-refractivity contribution is 0.168. The molecule has 1 aromatic carbocycles. The monoisotopic (exact) mass is 274 g/mol. The molecular weight excluding hydrogens is 244 g/mol. The van der Waals surface area contributed by atoms with Gasteiger partial charge >= 0.3 is 0 Å². The van der Waals surface area contributed by atoms with Crippen LogP contribution in [0.3, 0.4) is 0 Å². The zero-order valence-electron chi connectivity index (χ0n) is 13.7. The molecule has 2 rings (SSSR count). The average molecular weight is 274 g/mol. The Morgan fingerprint density at radius 2 is 1.70 bits per heavy atom. The highest BCUT2D eigenvalue weighted by Crippen LogP contribution is 2.22. The molecule has 1 aliphatic heterocycles. The molecule has 0 radical (unpaired) electrons. The minimum atomic E-state index is 0.437. The predicted octanol–water partition coefficient (Wildman–Crippen LogP) is 3.80. The molecule has 0 amide bonds. The molecule has 2 heteroatoms. The largest absolute Gasteiger partial charge is 0.307 e. The minimum Gasteiger partial charge on any atom is -0.307 e. The van der Waals surface area contributed by atoms with Crippen LogP contribution in [0.15, 0.2) is 24.3 Å². The highest BCUT2D eigenvalue weighted by atomic mass is 15.1. The summed E-state index contributed by atoms with van der Waals surface area (Å²) in [7, 11) is 2.22. The predicted molar refractivity (Wildman–Crippen MR) is 87.1 cm³/mol.